The molecule has 0 saturated carbocycles. The lowest BCUT2D eigenvalue weighted by Crippen LogP contribution is -2.54. The van der Waals surface area contributed by atoms with Gasteiger partial charge in [-0.25, -0.2) is 4.79 Å². The van der Waals surface area contributed by atoms with E-state index in [1.807, 2.05) is 19.9 Å². The first-order valence-electron chi connectivity index (χ1n) is 9.06. The molecule has 0 spiro atoms. The molecule has 0 fully saturated rings. The van der Waals surface area contributed by atoms with Crippen molar-refractivity contribution in [2.24, 2.45) is 11.7 Å². The highest BCUT2D eigenvalue weighted by Gasteiger charge is 2.27. The van der Waals surface area contributed by atoms with E-state index in [1.165, 1.54) is 0 Å². The molecule has 9 nitrogen and oxygen atoms in total. The standard InChI is InChI=1S/C19H28N4O5/c1-12(2)8-15(19(27)28)23-18(26)14(9-13-6-4-3-5-7-13)22-17(25)11-21-16(24)10-20/h3-7,12,14-15H,8-11,20H2,1-2H3,(H,21,24)(H,22,25)(H,23,26)(H,27,28)/t14-,15+/m1/s1. The molecule has 0 aliphatic rings. The van der Waals surface area contributed by atoms with Gasteiger partial charge >= 0.3 is 5.97 Å². The van der Waals surface area contributed by atoms with Crippen LogP contribution in [0.4, 0.5) is 0 Å². The van der Waals surface area contributed by atoms with Crippen LogP contribution >= 0.6 is 0 Å². The Bertz CT molecular complexity index is 678. The first-order chi connectivity index (χ1) is 13.2. The quantitative estimate of drug-likeness (QED) is 0.339. The summed E-state index contributed by atoms with van der Waals surface area (Å²) in [6.07, 6.45) is 0.441. The van der Waals surface area contributed by atoms with Crippen LogP contribution in [0.15, 0.2) is 30.3 Å². The zero-order valence-electron chi connectivity index (χ0n) is 16.1. The van der Waals surface area contributed by atoms with Gasteiger partial charge in [-0.05, 0) is 17.9 Å². The van der Waals surface area contributed by atoms with E-state index < -0.39 is 35.8 Å². The largest absolute Gasteiger partial charge is 0.480 e. The molecule has 6 N–H and O–H groups in total. The van der Waals surface area contributed by atoms with Crippen molar-refractivity contribution in [3.63, 3.8) is 0 Å². The lowest BCUT2D eigenvalue weighted by atomic mass is 10.0. The Morgan fingerprint density at radius 1 is 1.00 bits per heavy atom. The van der Waals surface area contributed by atoms with Crippen molar-refractivity contribution in [2.75, 3.05) is 13.1 Å². The molecule has 0 unspecified atom stereocenters. The number of aliphatic carboxylic acids is 1. The Morgan fingerprint density at radius 3 is 2.18 bits per heavy atom. The first kappa shape index (κ1) is 23.1. The van der Waals surface area contributed by atoms with Crippen molar-refractivity contribution in [2.45, 2.75) is 38.8 Å². The number of benzene rings is 1. The Labute approximate surface area is 164 Å². The van der Waals surface area contributed by atoms with Crippen molar-refractivity contribution in [1.82, 2.24) is 16.0 Å². The third-order valence-corrected chi connectivity index (χ3v) is 3.89. The summed E-state index contributed by atoms with van der Waals surface area (Å²) < 4.78 is 0. The zero-order valence-corrected chi connectivity index (χ0v) is 16.1. The molecule has 28 heavy (non-hydrogen) atoms. The van der Waals surface area contributed by atoms with E-state index in [0.29, 0.717) is 0 Å². The van der Waals surface area contributed by atoms with Crippen molar-refractivity contribution in [3.05, 3.63) is 35.9 Å². The minimum absolute atomic E-state index is 0.0649. The summed E-state index contributed by atoms with van der Waals surface area (Å²) in [4.78, 5) is 47.4. The van der Waals surface area contributed by atoms with E-state index in [2.05, 4.69) is 16.0 Å². The van der Waals surface area contributed by atoms with Crippen LogP contribution in [0.1, 0.15) is 25.8 Å². The van der Waals surface area contributed by atoms with Gasteiger partial charge in [-0.15, -0.1) is 0 Å². The highest BCUT2D eigenvalue weighted by atomic mass is 16.4. The van der Waals surface area contributed by atoms with Crippen LogP contribution in [0, 0.1) is 5.92 Å². The Morgan fingerprint density at radius 2 is 1.64 bits per heavy atom. The van der Waals surface area contributed by atoms with Gasteiger partial charge in [0.05, 0.1) is 13.1 Å². The smallest absolute Gasteiger partial charge is 0.326 e. The fourth-order valence-electron chi connectivity index (χ4n) is 2.52. The van der Waals surface area contributed by atoms with Gasteiger partial charge in [-0.1, -0.05) is 44.2 Å². The van der Waals surface area contributed by atoms with Gasteiger partial charge < -0.3 is 26.8 Å². The number of nitrogens with two attached hydrogens (primary N) is 1. The average Bonchev–Trinajstić information content (AvgIpc) is 2.65. The van der Waals surface area contributed by atoms with E-state index in [1.54, 1.807) is 24.3 Å². The number of carboxylic acids is 1. The summed E-state index contributed by atoms with van der Waals surface area (Å²) >= 11 is 0. The van der Waals surface area contributed by atoms with Gasteiger partial charge in [0.2, 0.25) is 17.7 Å². The molecular formula is C19H28N4O5. The number of nitrogens with one attached hydrogen (secondary N) is 3. The van der Waals surface area contributed by atoms with Gasteiger partial charge in [0.15, 0.2) is 0 Å². The van der Waals surface area contributed by atoms with Crippen LogP contribution in [0.3, 0.4) is 0 Å². The van der Waals surface area contributed by atoms with E-state index >= 15 is 0 Å². The van der Waals surface area contributed by atoms with Gasteiger partial charge in [0, 0.05) is 6.42 Å². The third kappa shape index (κ3) is 8.63. The van der Waals surface area contributed by atoms with Gasteiger partial charge in [0.25, 0.3) is 0 Å². The van der Waals surface area contributed by atoms with E-state index in [0.717, 1.165) is 5.56 Å². The maximum absolute atomic E-state index is 12.7. The summed E-state index contributed by atoms with van der Waals surface area (Å²) in [5, 5.41) is 16.7. The van der Waals surface area contributed by atoms with Crippen LogP contribution in [0.2, 0.25) is 0 Å². The lowest BCUT2D eigenvalue weighted by molar-refractivity contribution is -0.142. The van der Waals surface area contributed by atoms with Gasteiger partial charge in [-0.3, -0.25) is 14.4 Å². The highest BCUT2D eigenvalue weighted by molar-refractivity contribution is 5.92. The minimum atomic E-state index is -1.14. The number of amides is 3. The lowest BCUT2D eigenvalue weighted by Gasteiger charge is -2.22. The summed E-state index contributed by atoms with van der Waals surface area (Å²) in [6.45, 7) is 3.12. The maximum atomic E-state index is 12.7. The number of carboxylic acid groups (broad SMARTS) is 1. The third-order valence-electron chi connectivity index (χ3n) is 3.89. The number of hydrogen-bond donors (Lipinski definition) is 5. The number of rotatable bonds is 11. The zero-order chi connectivity index (χ0) is 21.1. The van der Waals surface area contributed by atoms with Gasteiger partial charge in [-0.2, -0.15) is 0 Å². The normalized spacial score (nSPS) is 12.7. The fourth-order valence-corrected chi connectivity index (χ4v) is 2.52. The van der Waals surface area contributed by atoms with E-state index in [9.17, 15) is 24.3 Å². The summed E-state index contributed by atoms with van der Waals surface area (Å²) in [5.41, 5.74) is 5.97. The SMILES string of the molecule is CC(C)C[C@H](NC(=O)[C@@H](Cc1ccccc1)NC(=O)CNC(=O)CN)C(=O)O. The highest BCUT2D eigenvalue weighted by Crippen LogP contribution is 2.07. The van der Waals surface area contributed by atoms with Crippen LogP contribution in [0.25, 0.3) is 0 Å². The Kier molecular flexibility index (Phi) is 9.66. The summed E-state index contributed by atoms with van der Waals surface area (Å²) in [6, 6.07) is 6.97. The van der Waals surface area contributed by atoms with E-state index in [4.69, 9.17) is 5.73 Å². The second-order valence-electron chi connectivity index (χ2n) is 6.82. The monoisotopic (exact) mass is 392 g/mol. The van der Waals surface area contributed by atoms with Crippen molar-refractivity contribution >= 4 is 23.7 Å². The van der Waals surface area contributed by atoms with Crippen molar-refractivity contribution < 1.29 is 24.3 Å². The average molecular weight is 392 g/mol. The molecule has 9 heteroatoms. The molecule has 1 rings (SSSR count). The molecule has 0 heterocycles. The predicted octanol–water partition coefficient (Wildman–Crippen LogP) is -0.596. The van der Waals surface area contributed by atoms with Crippen molar-refractivity contribution in [1.29, 1.82) is 0 Å². The fraction of sp³-hybridized carbons (Fsp3) is 0.474. The molecule has 0 bridgehead atoms. The second kappa shape index (κ2) is 11.7. The van der Waals surface area contributed by atoms with Gasteiger partial charge in [0.1, 0.15) is 12.1 Å². The van der Waals surface area contributed by atoms with Crippen LogP contribution in [-0.2, 0) is 25.6 Å². The minimum Gasteiger partial charge on any atom is -0.480 e. The van der Waals surface area contributed by atoms with Crippen LogP contribution < -0.4 is 21.7 Å². The molecule has 1 aromatic carbocycles. The molecule has 1 aromatic rings. The molecule has 0 aliphatic heterocycles. The molecular weight excluding hydrogens is 364 g/mol. The topological polar surface area (TPSA) is 151 Å². The Balaban J connectivity index is 2.86. The molecule has 0 aliphatic carbocycles. The number of carbonyl (C=O) groups excluding carboxylic acids is 3. The molecule has 0 aromatic heterocycles. The molecule has 0 saturated heterocycles. The van der Waals surface area contributed by atoms with Crippen LogP contribution in [-0.4, -0.2) is 54.0 Å². The van der Waals surface area contributed by atoms with E-state index in [-0.39, 0.29) is 31.8 Å². The first-order valence-corrected chi connectivity index (χ1v) is 9.06. The molecule has 2 atom stereocenters. The van der Waals surface area contributed by atoms with Crippen LogP contribution in [0.5, 0.6) is 0 Å². The summed E-state index contributed by atoms with van der Waals surface area (Å²) in [7, 11) is 0. The molecule has 3 amide bonds. The number of hydrogen-bond acceptors (Lipinski definition) is 5. The number of carbonyl (C=O) groups is 4. The Hall–Kier alpha value is -2.94. The maximum Gasteiger partial charge on any atom is 0.326 e. The van der Waals surface area contributed by atoms with Crippen molar-refractivity contribution in [3.8, 4) is 0 Å². The summed E-state index contributed by atoms with van der Waals surface area (Å²) in [5.74, 6) is -2.75. The molecule has 0 radical (unpaired) electrons. The predicted molar refractivity (Wildman–Crippen MR) is 103 cm³/mol. The molecule has 154 valence electrons. The second-order valence-corrected chi connectivity index (χ2v) is 6.82.